The molecule has 1 atom stereocenters. The van der Waals surface area contributed by atoms with Crippen molar-refractivity contribution in [1.29, 1.82) is 0 Å². The molecule has 2 aromatic carbocycles. The van der Waals surface area contributed by atoms with Gasteiger partial charge in [0.2, 0.25) is 5.91 Å². The Hall–Kier alpha value is -2.16. The number of aromatic nitrogens is 1. The minimum Gasteiger partial charge on any atom is -0.325 e. The third-order valence-corrected chi connectivity index (χ3v) is 5.75. The minimum absolute atomic E-state index is 0.0273. The molecule has 0 aliphatic rings. The summed E-state index contributed by atoms with van der Waals surface area (Å²) in [6.45, 7) is 1.78. The van der Waals surface area contributed by atoms with Crippen LogP contribution in [-0.4, -0.2) is 21.1 Å². The second kappa shape index (κ2) is 7.38. The zero-order valence-corrected chi connectivity index (χ0v) is 15.3. The molecule has 128 valence electrons. The smallest absolute Gasteiger partial charge is 0.270 e. The average molecular weight is 394 g/mol. The van der Waals surface area contributed by atoms with Gasteiger partial charge in [0.25, 0.3) is 5.69 Å². The molecule has 6 nitrogen and oxygen atoms in total. The quantitative estimate of drug-likeness (QED) is 0.375. The summed E-state index contributed by atoms with van der Waals surface area (Å²) in [4.78, 5) is 27.1. The molecule has 0 spiro atoms. The van der Waals surface area contributed by atoms with E-state index in [0.717, 1.165) is 4.70 Å². The first-order chi connectivity index (χ1) is 11.9. The van der Waals surface area contributed by atoms with Gasteiger partial charge in [-0.05, 0) is 31.2 Å². The van der Waals surface area contributed by atoms with Crippen LogP contribution in [0.2, 0.25) is 5.02 Å². The summed E-state index contributed by atoms with van der Waals surface area (Å²) in [6, 6.07) is 11.5. The highest BCUT2D eigenvalue weighted by Crippen LogP contribution is 2.34. The summed E-state index contributed by atoms with van der Waals surface area (Å²) in [6.07, 6.45) is 0. The number of halogens is 1. The maximum atomic E-state index is 12.3. The lowest BCUT2D eigenvalue weighted by atomic mass is 10.3. The second-order valence-corrected chi connectivity index (χ2v) is 8.20. The SMILES string of the molecule is C[C@H](Sc1nc2ccc([N+](=O)[O-])cc2s1)C(=O)Nc1cccc(Cl)c1. The number of carbonyl (C=O) groups excluding carboxylic acids is 1. The van der Waals surface area contributed by atoms with Gasteiger partial charge in [-0.1, -0.05) is 29.4 Å². The van der Waals surface area contributed by atoms with Crippen molar-refractivity contribution in [1.82, 2.24) is 4.98 Å². The highest BCUT2D eigenvalue weighted by atomic mass is 35.5. The van der Waals surface area contributed by atoms with Crippen LogP contribution in [0.4, 0.5) is 11.4 Å². The Morgan fingerprint density at radius 1 is 1.36 bits per heavy atom. The monoisotopic (exact) mass is 393 g/mol. The first-order valence-corrected chi connectivity index (χ1v) is 9.28. The van der Waals surface area contributed by atoms with Crippen LogP contribution >= 0.6 is 34.7 Å². The molecule has 1 aromatic heterocycles. The number of rotatable bonds is 5. The van der Waals surface area contributed by atoms with E-state index in [-0.39, 0.29) is 16.8 Å². The topological polar surface area (TPSA) is 85.1 Å². The predicted molar refractivity (Wildman–Crippen MR) is 102 cm³/mol. The number of carbonyl (C=O) groups is 1. The lowest BCUT2D eigenvalue weighted by Gasteiger charge is -2.10. The molecule has 0 aliphatic carbocycles. The molecule has 3 aromatic rings. The Morgan fingerprint density at radius 3 is 2.88 bits per heavy atom. The van der Waals surface area contributed by atoms with E-state index in [4.69, 9.17) is 11.6 Å². The number of anilines is 1. The highest BCUT2D eigenvalue weighted by Gasteiger charge is 2.18. The summed E-state index contributed by atoms with van der Waals surface area (Å²) in [5.74, 6) is -0.169. The standard InChI is InChI=1S/C16H12ClN3O3S2/c1-9(15(21)18-11-4-2-3-10(17)7-11)24-16-19-13-6-5-12(20(22)23)8-14(13)25-16/h2-9H,1H3,(H,18,21)/t9-/m0/s1. The van der Waals surface area contributed by atoms with Crippen LogP contribution in [0.3, 0.4) is 0 Å². The number of hydrogen-bond acceptors (Lipinski definition) is 6. The van der Waals surface area contributed by atoms with E-state index in [1.54, 1.807) is 37.3 Å². The van der Waals surface area contributed by atoms with Gasteiger partial charge in [0, 0.05) is 22.8 Å². The van der Waals surface area contributed by atoms with Crippen LogP contribution in [0.15, 0.2) is 46.8 Å². The summed E-state index contributed by atoms with van der Waals surface area (Å²) < 4.78 is 1.41. The molecular formula is C16H12ClN3O3S2. The summed E-state index contributed by atoms with van der Waals surface area (Å²) in [5.41, 5.74) is 1.34. The van der Waals surface area contributed by atoms with Crippen LogP contribution in [0.1, 0.15) is 6.92 Å². The van der Waals surface area contributed by atoms with E-state index in [1.807, 2.05) is 0 Å². The number of nitrogens with one attached hydrogen (secondary N) is 1. The first kappa shape index (κ1) is 17.7. The van der Waals surface area contributed by atoms with Gasteiger partial charge in [0.05, 0.1) is 20.4 Å². The Labute approximate surface area is 156 Å². The zero-order chi connectivity index (χ0) is 18.0. The Bertz CT molecular complexity index is 961. The van der Waals surface area contributed by atoms with Gasteiger partial charge >= 0.3 is 0 Å². The molecule has 0 unspecified atom stereocenters. The van der Waals surface area contributed by atoms with E-state index in [9.17, 15) is 14.9 Å². The molecule has 1 amide bonds. The van der Waals surface area contributed by atoms with Crippen molar-refractivity contribution in [2.24, 2.45) is 0 Å². The number of nitro benzene ring substituents is 1. The minimum atomic E-state index is -0.437. The maximum absolute atomic E-state index is 12.3. The van der Waals surface area contributed by atoms with Gasteiger partial charge in [-0.15, -0.1) is 11.3 Å². The molecule has 0 saturated heterocycles. The van der Waals surface area contributed by atoms with E-state index in [2.05, 4.69) is 10.3 Å². The molecule has 9 heteroatoms. The lowest BCUT2D eigenvalue weighted by molar-refractivity contribution is -0.384. The fourth-order valence-electron chi connectivity index (χ4n) is 2.07. The van der Waals surface area contributed by atoms with Gasteiger partial charge in [-0.25, -0.2) is 4.98 Å². The largest absolute Gasteiger partial charge is 0.325 e. The number of fused-ring (bicyclic) bond motifs is 1. The number of thioether (sulfide) groups is 1. The molecular weight excluding hydrogens is 382 g/mol. The molecule has 0 fully saturated rings. The van der Waals surface area contributed by atoms with Crippen molar-refractivity contribution in [3.05, 3.63) is 57.6 Å². The molecule has 3 rings (SSSR count). The average Bonchev–Trinajstić information content (AvgIpc) is 2.95. The van der Waals surface area contributed by atoms with Crippen molar-refractivity contribution < 1.29 is 9.72 Å². The lowest BCUT2D eigenvalue weighted by Crippen LogP contribution is -2.22. The van der Waals surface area contributed by atoms with Crippen molar-refractivity contribution >= 4 is 62.2 Å². The Kier molecular flexibility index (Phi) is 5.22. The van der Waals surface area contributed by atoms with Crippen molar-refractivity contribution in [3.8, 4) is 0 Å². The maximum Gasteiger partial charge on any atom is 0.270 e. The number of thiazole rings is 1. The molecule has 1 heterocycles. The van der Waals surface area contributed by atoms with Gasteiger partial charge < -0.3 is 5.32 Å². The molecule has 1 N–H and O–H groups in total. The molecule has 0 bridgehead atoms. The molecule has 25 heavy (non-hydrogen) atoms. The number of non-ortho nitro benzene ring substituents is 1. The van der Waals surface area contributed by atoms with Crippen LogP contribution in [0, 0.1) is 10.1 Å². The Morgan fingerprint density at radius 2 is 2.16 bits per heavy atom. The molecule has 0 aliphatic heterocycles. The second-order valence-electron chi connectivity index (χ2n) is 5.15. The molecule has 0 radical (unpaired) electrons. The third kappa shape index (κ3) is 4.28. The van der Waals surface area contributed by atoms with Crippen molar-refractivity contribution in [3.63, 3.8) is 0 Å². The first-order valence-electron chi connectivity index (χ1n) is 7.20. The van der Waals surface area contributed by atoms with E-state index >= 15 is 0 Å². The summed E-state index contributed by atoms with van der Waals surface area (Å²) in [7, 11) is 0. The third-order valence-electron chi connectivity index (χ3n) is 3.30. The fraction of sp³-hybridized carbons (Fsp3) is 0.125. The normalized spacial score (nSPS) is 12.1. The van der Waals surface area contributed by atoms with Crippen LogP contribution in [-0.2, 0) is 4.79 Å². The van der Waals surface area contributed by atoms with Gasteiger partial charge in [0.15, 0.2) is 4.34 Å². The number of benzene rings is 2. The van der Waals surface area contributed by atoms with E-state index in [1.165, 1.54) is 35.2 Å². The Balaban J connectivity index is 1.71. The zero-order valence-electron chi connectivity index (χ0n) is 12.9. The summed E-state index contributed by atoms with van der Waals surface area (Å²) >= 11 is 8.54. The predicted octanol–water partition coefficient (Wildman–Crippen LogP) is 4.98. The van der Waals surface area contributed by atoms with Crippen molar-refractivity contribution in [2.45, 2.75) is 16.5 Å². The molecule has 0 saturated carbocycles. The van der Waals surface area contributed by atoms with Gasteiger partial charge in [-0.3, -0.25) is 14.9 Å². The van der Waals surface area contributed by atoms with E-state index in [0.29, 0.717) is 20.6 Å². The number of amides is 1. The number of hydrogen-bond donors (Lipinski definition) is 1. The fourth-order valence-corrected chi connectivity index (χ4v) is 4.51. The van der Waals surface area contributed by atoms with Crippen LogP contribution in [0.25, 0.3) is 10.2 Å². The summed E-state index contributed by atoms with van der Waals surface area (Å²) in [5, 5.41) is 13.8. The number of nitro groups is 1. The highest BCUT2D eigenvalue weighted by molar-refractivity contribution is 8.02. The number of nitrogens with zero attached hydrogens (tertiary/aromatic N) is 2. The van der Waals surface area contributed by atoms with E-state index < -0.39 is 4.92 Å². The van der Waals surface area contributed by atoms with Crippen molar-refractivity contribution in [2.75, 3.05) is 5.32 Å². The van der Waals surface area contributed by atoms with Crippen LogP contribution in [0.5, 0.6) is 0 Å². The van der Waals surface area contributed by atoms with Gasteiger partial charge in [-0.2, -0.15) is 0 Å². The van der Waals surface area contributed by atoms with Crippen LogP contribution < -0.4 is 5.32 Å². The van der Waals surface area contributed by atoms with Gasteiger partial charge in [0.1, 0.15) is 0 Å².